The molecule has 1 unspecified atom stereocenters. The average Bonchev–Trinajstić information content (AvgIpc) is 2.78. The summed E-state index contributed by atoms with van der Waals surface area (Å²) < 4.78 is 6.68. The highest BCUT2D eigenvalue weighted by molar-refractivity contribution is 5.90. The SMILES string of the molecule is CCCNC1CCn2ncc(C(=O)OC)c2C1. The van der Waals surface area contributed by atoms with Crippen LogP contribution in [0.1, 0.15) is 35.8 Å². The topological polar surface area (TPSA) is 56.2 Å². The van der Waals surface area contributed by atoms with E-state index in [1.165, 1.54) is 7.11 Å². The van der Waals surface area contributed by atoms with Crippen molar-refractivity contribution in [1.29, 1.82) is 0 Å². The fraction of sp³-hybridized carbons (Fsp3) is 0.667. The van der Waals surface area contributed by atoms with Crippen LogP contribution in [-0.4, -0.2) is 35.4 Å². The second kappa shape index (κ2) is 5.31. The summed E-state index contributed by atoms with van der Waals surface area (Å²) in [7, 11) is 1.40. The van der Waals surface area contributed by atoms with Crippen LogP contribution in [0.5, 0.6) is 0 Å². The lowest BCUT2D eigenvalue weighted by Gasteiger charge is -2.24. The summed E-state index contributed by atoms with van der Waals surface area (Å²) in [6, 6.07) is 0.447. The van der Waals surface area contributed by atoms with Gasteiger partial charge in [-0.3, -0.25) is 4.68 Å². The first-order valence-corrected chi connectivity index (χ1v) is 6.12. The molecule has 0 amide bonds. The van der Waals surface area contributed by atoms with Gasteiger partial charge in [0, 0.05) is 19.0 Å². The summed E-state index contributed by atoms with van der Waals surface area (Å²) in [5.41, 5.74) is 1.60. The van der Waals surface area contributed by atoms with Crippen molar-refractivity contribution in [2.45, 2.75) is 38.8 Å². The Bertz CT molecular complexity index is 400. The Morgan fingerprint density at radius 1 is 1.71 bits per heavy atom. The zero-order valence-electron chi connectivity index (χ0n) is 10.4. The molecule has 0 radical (unpaired) electrons. The van der Waals surface area contributed by atoms with Crippen molar-refractivity contribution < 1.29 is 9.53 Å². The number of nitrogens with one attached hydrogen (secondary N) is 1. The highest BCUT2D eigenvalue weighted by Gasteiger charge is 2.25. The number of hydrogen-bond donors (Lipinski definition) is 1. The van der Waals surface area contributed by atoms with Crippen LogP contribution in [0, 0.1) is 0 Å². The predicted molar refractivity (Wildman–Crippen MR) is 64.0 cm³/mol. The van der Waals surface area contributed by atoms with Crippen LogP contribution in [0.4, 0.5) is 0 Å². The fourth-order valence-corrected chi connectivity index (χ4v) is 2.24. The number of carbonyl (C=O) groups excluding carboxylic acids is 1. The maximum absolute atomic E-state index is 11.6. The molecule has 2 heterocycles. The molecule has 2 rings (SSSR count). The van der Waals surface area contributed by atoms with Crippen LogP contribution in [-0.2, 0) is 17.7 Å². The number of nitrogens with zero attached hydrogens (tertiary/aromatic N) is 2. The quantitative estimate of drug-likeness (QED) is 0.793. The largest absolute Gasteiger partial charge is 0.465 e. The molecule has 0 spiro atoms. The Labute approximate surface area is 101 Å². The van der Waals surface area contributed by atoms with Gasteiger partial charge in [0.15, 0.2) is 0 Å². The third kappa shape index (κ3) is 2.49. The summed E-state index contributed by atoms with van der Waals surface area (Å²) in [6.45, 7) is 4.04. The first kappa shape index (κ1) is 12.1. The molecule has 1 atom stereocenters. The third-order valence-electron chi connectivity index (χ3n) is 3.17. The van der Waals surface area contributed by atoms with E-state index in [0.29, 0.717) is 11.6 Å². The van der Waals surface area contributed by atoms with Crippen LogP contribution >= 0.6 is 0 Å². The molecule has 0 saturated heterocycles. The van der Waals surface area contributed by atoms with E-state index in [-0.39, 0.29) is 5.97 Å². The second-order valence-electron chi connectivity index (χ2n) is 4.36. The molecule has 0 aliphatic carbocycles. The van der Waals surface area contributed by atoms with E-state index in [1.54, 1.807) is 6.20 Å². The number of aromatic nitrogens is 2. The van der Waals surface area contributed by atoms with Crippen LogP contribution in [0.15, 0.2) is 6.20 Å². The van der Waals surface area contributed by atoms with Gasteiger partial charge in [-0.2, -0.15) is 5.10 Å². The number of rotatable bonds is 4. The summed E-state index contributed by atoms with van der Waals surface area (Å²) in [6.07, 6.45) is 4.66. The minimum atomic E-state index is -0.289. The Kier molecular flexibility index (Phi) is 3.78. The normalized spacial score (nSPS) is 18.8. The van der Waals surface area contributed by atoms with E-state index in [9.17, 15) is 4.79 Å². The van der Waals surface area contributed by atoms with Crippen molar-refractivity contribution in [3.8, 4) is 0 Å². The Balaban J connectivity index is 2.11. The van der Waals surface area contributed by atoms with Gasteiger partial charge in [0.1, 0.15) is 5.56 Å². The first-order chi connectivity index (χ1) is 8.26. The van der Waals surface area contributed by atoms with E-state index in [4.69, 9.17) is 4.74 Å². The molecule has 0 aromatic carbocycles. The highest BCUT2D eigenvalue weighted by Crippen LogP contribution is 2.19. The monoisotopic (exact) mass is 237 g/mol. The van der Waals surface area contributed by atoms with E-state index in [0.717, 1.165) is 38.0 Å². The van der Waals surface area contributed by atoms with Gasteiger partial charge < -0.3 is 10.1 Å². The Morgan fingerprint density at radius 2 is 2.53 bits per heavy atom. The predicted octanol–water partition coefficient (Wildman–Crippen LogP) is 0.984. The molecule has 0 bridgehead atoms. The van der Waals surface area contributed by atoms with Crippen molar-refractivity contribution in [1.82, 2.24) is 15.1 Å². The molecule has 0 saturated carbocycles. The van der Waals surface area contributed by atoms with Gasteiger partial charge in [-0.15, -0.1) is 0 Å². The maximum atomic E-state index is 11.6. The lowest BCUT2D eigenvalue weighted by Crippen LogP contribution is -2.37. The molecule has 17 heavy (non-hydrogen) atoms. The minimum Gasteiger partial charge on any atom is -0.465 e. The molecule has 1 aliphatic rings. The van der Waals surface area contributed by atoms with Gasteiger partial charge in [-0.05, 0) is 19.4 Å². The molecule has 0 fully saturated rings. The minimum absolute atomic E-state index is 0.289. The smallest absolute Gasteiger partial charge is 0.341 e. The van der Waals surface area contributed by atoms with Crippen molar-refractivity contribution in [2.75, 3.05) is 13.7 Å². The molecule has 5 heteroatoms. The lowest BCUT2D eigenvalue weighted by atomic mass is 10.0. The number of methoxy groups -OCH3 is 1. The van der Waals surface area contributed by atoms with Gasteiger partial charge in [0.25, 0.3) is 0 Å². The molecule has 5 nitrogen and oxygen atoms in total. The van der Waals surface area contributed by atoms with Gasteiger partial charge in [0.2, 0.25) is 0 Å². The number of carbonyl (C=O) groups is 1. The summed E-state index contributed by atoms with van der Waals surface area (Å²) in [4.78, 5) is 11.6. The highest BCUT2D eigenvalue weighted by atomic mass is 16.5. The van der Waals surface area contributed by atoms with Crippen LogP contribution in [0.25, 0.3) is 0 Å². The van der Waals surface area contributed by atoms with E-state index in [2.05, 4.69) is 17.3 Å². The van der Waals surface area contributed by atoms with Gasteiger partial charge in [-0.25, -0.2) is 4.79 Å². The lowest BCUT2D eigenvalue weighted by molar-refractivity contribution is 0.0598. The maximum Gasteiger partial charge on any atom is 0.341 e. The standard InChI is InChI=1S/C12H19N3O2/c1-3-5-13-9-4-6-15-11(7-9)10(8-14-15)12(16)17-2/h8-9,13H,3-7H2,1-2H3. The molecular weight excluding hydrogens is 218 g/mol. The number of esters is 1. The summed E-state index contributed by atoms with van der Waals surface area (Å²) >= 11 is 0. The van der Waals surface area contributed by atoms with Crippen molar-refractivity contribution in [3.05, 3.63) is 17.5 Å². The van der Waals surface area contributed by atoms with Crippen molar-refractivity contribution in [3.63, 3.8) is 0 Å². The summed E-state index contributed by atoms with van der Waals surface area (Å²) in [5, 5.41) is 7.72. The van der Waals surface area contributed by atoms with Crippen molar-refractivity contribution >= 4 is 5.97 Å². The number of ether oxygens (including phenoxy) is 1. The fourth-order valence-electron chi connectivity index (χ4n) is 2.24. The Hall–Kier alpha value is -1.36. The number of hydrogen-bond acceptors (Lipinski definition) is 4. The van der Waals surface area contributed by atoms with Crippen molar-refractivity contribution in [2.24, 2.45) is 0 Å². The van der Waals surface area contributed by atoms with E-state index in [1.807, 2.05) is 4.68 Å². The number of fused-ring (bicyclic) bond motifs is 1. The van der Waals surface area contributed by atoms with Crippen LogP contribution < -0.4 is 5.32 Å². The molecule has 1 aromatic heterocycles. The molecular formula is C12H19N3O2. The van der Waals surface area contributed by atoms with Gasteiger partial charge in [0.05, 0.1) is 19.0 Å². The molecule has 1 aliphatic heterocycles. The second-order valence-corrected chi connectivity index (χ2v) is 4.36. The Morgan fingerprint density at radius 3 is 3.24 bits per heavy atom. The molecule has 94 valence electrons. The molecule has 1 N–H and O–H groups in total. The van der Waals surface area contributed by atoms with Gasteiger partial charge in [-0.1, -0.05) is 6.92 Å². The van der Waals surface area contributed by atoms with Crippen LogP contribution in [0.2, 0.25) is 0 Å². The molecule has 1 aromatic rings. The third-order valence-corrected chi connectivity index (χ3v) is 3.17. The van der Waals surface area contributed by atoms with E-state index >= 15 is 0 Å². The summed E-state index contributed by atoms with van der Waals surface area (Å²) in [5.74, 6) is -0.289. The number of aryl methyl sites for hydroxylation is 1. The van der Waals surface area contributed by atoms with E-state index < -0.39 is 0 Å². The first-order valence-electron chi connectivity index (χ1n) is 6.12. The van der Waals surface area contributed by atoms with Gasteiger partial charge >= 0.3 is 5.97 Å². The van der Waals surface area contributed by atoms with Crippen LogP contribution in [0.3, 0.4) is 0 Å². The average molecular weight is 237 g/mol. The zero-order valence-corrected chi connectivity index (χ0v) is 10.4. The zero-order chi connectivity index (χ0) is 12.3.